The maximum atomic E-state index is 12.5. The molecular formula is C19H15NO3. The van der Waals surface area contributed by atoms with Crippen molar-refractivity contribution in [3.05, 3.63) is 83.9 Å². The number of esters is 1. The molecule has 3 aromatic carbocycles. The number of hydrogen-bond donors (Lipinski definition) is 1. The van der Waals surface area contributed by atoms with Crippen molar-refractivity contribution < 1.29 is 14.3 Å². The summed E-state index contributed by atoms with van der Waals surface area (Å²) in [6.07, 6.45) is -1.11. The largest absolute Gasteiger partial charge is 0.444 e. The van der Waals surface area contributed by atoms with Gasteiger partial charge in [0, 0.05) is 5.56 Å². The Labute approximate surface area is 133 Å². The first-order valence-electron chi connectivity index (χ1n) is 7.20. The average molecular weight is 305 g/mol. The van der Waals surface area contributed by atoms with E-state index in [1.807, 2.05) is 36.4 Å². The quantitative estimate of drug-likeness (QED) is 0.752. The Morgan fingerprint density at radius 3 is 2.22 bits per heavy atom. The average Bonchev–Trinajstić information content (AvgIpc) is 2.59. The van der Waals surface area contributed by atoms with E-state index >= 15 is 0 Å². The molecule has 0 aliphatic carbocycles. The number of carbonyl (C=O) groups excluding carboxylic acids is 2. The molecule has 0 spiro atoms. The molecule has 3 aromatic rings. The highest BCUT2D eigenvalue weighted by atomic mass is 16.5. The highest BCUT2D eigenvalue weighted by molar-refractivity contribution is 6.05. The van der Waals surface area contributed by atoms with E-state index in [1.165, 1.54) is 0 Å². The van der Waals surface area contributed by atoms with Gasteiger partial charge in [-0.15, -0.1) is 0 Å². The lowest BCUT2D eigenvalue weighted by Crippen LogP contribution is -2.26. The maximum absolute atomic E-state index is 12.5. The third kappa shape index (κ3) is 3.06. The molecule has 0 heterocycles. The first-order chi connectivity index (χ1) is 11.2. The van der Waals surface area contributed by atoms with Gasteiger partial charge in [-0.3, -0.25) is 4.79 Å². The zero-order chi connectivity index (χ0) is 16.2. The molecule has 0 saturated heterocycles. The van der Waals surface area contributed by atoms with Crippen LogP contribution in [0.3, 0.4) is 0 Å². The van der Waals surface area contributed by atoms with Crippen LogP contribution < -0.4 is 5.73 Å². The number of carbonyl (C=O) groups is 2. The molecule has 1 atom stereocenters. The monoisotopic (exact) mass is 305 g/mol. The zero-order valence-corrected chi connectivity index (χ0v) is 12.3. The van der Waals surface area contributed by atoms with Crippen LogP contribution in [0, 0.1) is 0 Å². The molecule has 0 aliphatic rings. The Balaban J connectivity index is 1.94. The lowest BCUT2D eigenvalue weighted by Gasteiger charge is -2.15. The number of hydrogen-bond acceptors (Lipinski definition) is 3. The molecule has 2 N–H and O–H groups in total. The molecular weight excluding hydrogens is 290 g/mol. The lowest BCUT2D eigenvalue weighted by atomic mass is 10.0. The molecule has 114 valence electrons. The topological polar surface area (TPSA) is 69.4 Å². The Morgan fingerprint density at radius 1 is 0.826 bits per heavy atom. The van der Waals surface area contributed by atoms with Crippen LogP contribution in [0.25, 0.3) is 10.8 Å². The van der Waals surface area contributed by atoms with Gasteiger partial charge in [-0.1, -0.05) is 66.7 Å². The summed E-state index contributed by atoms with van der Waals surface area (Å²) in [6, 6.07) is 21.6. The van der Waals surface area contributed by atoms with Crippen molar-refractivity contribution in [1.82, 2.24) is 0 Å². The van der Waals surface area contributed by atoms with Crippen LogP contribution in [0.15, 0.2) is 72.8 Å². The normalized spacial score (nSPS) is 11.8. The number of primary amides is 1. The van der Waals surface area contributed by atoms with E-state index in [-0.39, 0.29) is 0 Å². The van der Waals surface area contributed by atoms with Crippen molar-refractivity contribution >= 4 is 22.6 Å². The van der Waals surface area contributed by atoms with E-state index in [2.05, 4.69) is 0 Å². The van der Waals surface area contributed by atoms with Gasteiger partial charge in [0.05, 0.1) is 5.56 Å². The third-order valence-corrected chi connectivity index (χ3v) is 3.60. The predicted molar refractivity (Wildman–Crippen MR) is 87.7 cm³/mol. The second kappa shape index (κ2) is 6.32. The van der Waals surface area contributed by atoms with Gasteiger partial charge >= 0.3 is 5.97 Å². The molecule has 0 saturated carbocycles. The Bertz CT molecular complexity index is 853. The summed E-state index contributed by atoms with van der Waals surface area (Å²) in [5, 5.41) is 1.70. The Hall–Kier alpha value is -3.14. The van der Waals surface area contributed by atoms with E-state index in [0.29, 0.717) is 11.1 Å². The molecule has 0 aromatic heterocycles. The second-order valence-electron chi connectivity index (χ2n) is 5.13. The van der Waals surface area contributed by atoms with Crippen LogP contribution in [0.4, 0.5) is 0 Å². The summed E-state index contributed by atoms with van der Waals surface area (Å²) in [5.74, 6) is -1.28. The second-order valence-corrected chi connectivity index (χ2v) is 5.13. The fourth-order valence-electron chi connectivity index (χ4n) is 2.49. The minimum Gasteiger partial charge on any atom is -0.444 e. The smallest absolute Gasteiger partial charge is 0.339 e. The van der Waals surface area contributed by atoms with Crippen LogP contribution in [-0.2, 0) is 9.53 Å². The molecule has 1 unspecified atom stereocenters. The minimum absolute atomic E-state index is 0.408. The Morgan fingerprint density at radius 2 is 1.48 bits per heavy atom. The fourth-order valence-corrected chi connectivity index (χ4v) is 2.49. The van der Waals surface area contributed by atoms with Gasteiger partial charge in [0.2, 0.25) is 6.10 Å². The third-order valence-electron chi connectivity index (χ3n) is 3.60. The van der Waals surface area contributed by atoms with Crippen LogP contribution in [-0.4, -0.2) is 11.9 Å². The molecule has 4 nitrogen and oxygen atoms in total. The van der Waals surface area contributed by atoms with E-state index in [4.69, 9.17) is 10.5 Å². The number of rotatable bonds is 4. The van der Waals surface area contributed by atoms with Crippen molar-refractivity contribution in [2.75, 3.05) is 0 Å². The summed E-state index contributed by atoms with van der Waals surface area (Å²) in [4.78, 5) is 24.2. The van der Waals surface area contributed by atoms with Crippen LogP contribution in [0.1, 0.15) is 22.0 Å². The molecule has 23 heavy (non-hydrogen) atoms. The van der Waals surface area contributed by atoms with Gasteiger partial charge in [-0.25, -0.2) is 4.79 Å². The summed E-state index contributed by atoms with van der Waals surface area (Å²) in [6.45, 7) is 0. The summed E-state index contributed by atoms with van der Waals surface area (Å²) in [5.41, 5.74) is 6.35. The number of fused-ring (bicyclic) bond motifs is 1. The standard InChI is InChI=1S/C19H15NO3/c20-18(21)17(14-8-2-1-3-9-14)23-19(22)16-12-6-10-13-7-4-5-11-15(13)16/h1-12,17H,(H2,20,21). The van der Waals surface area contributed by atoms with Gasteiger partial charge in [-0.2, -0.15) is 0 Å². The highest BCUT2D eigenvalue weighted by Gasteiger charge is 2.23. The van der Waals surface area contributed by atoms with E-state index < -0.39 is 18.0 Å². The number of nitrogens with two attached hydrogens (primary N) is 1. The number of benzene rings is 3. The minimum atomic E-state index is -1.11. The van der Waals surface area contributed by atoms with Crippen molar-refractivity contribution in [2.45, 2.75) is 6.10 Å². The molecule has 4 heteroatoms. The van der Waals surface area contributed by atoms with E-state index in [0.717, 1.165) is 10.8 Å². The predicted octanol–water partition coefficient (Wildman–Crippen LogP) is 3.22. The molecule has 1 amide bonds. The van der Waals surface area contributed by atoms with Gasteiger partial charge < -0.3 is 10.5 Å². The van der Waals surface area contributed by atoms with Crippen LogP contribution in [0.5, 0.6) is 0 Å². The number of ether oxygens (including phenoxy) is 1. The molecule has 0 aliphatic heterocycles. The van der Waals surface area contributed by atoms with Crippen molar-refractivity contribution in [3.63, 3.8) is 0 Å². The zero-order valence-electron chi connectivity index (χ0n) is 12.3. The van der Waals surface area contributed by atoms with E-state index in [9.17, 15) is 9.59 Å². The van der Waals surface area contributed by atoms with Crippen LogP contribution >= 0.6 is 0 Å². The van der Waals surface area contributed by atoms with Gasteiger partial charge in [0.25, 0.3) is 5.91 Å². The van der Waals surface area contributed by atoms with Crippen molar-refractivity contribution in [2.24, 2.45) is 5.73 Å². The highest BCUT2D eigenvalue weighted by Crippen LogP contribution is 2.23. The first kappa shape index (κ1) is 14.8. The van der Waals surface area contributed by atoms with Gasteiger partial charge in [0.1, 0.15) is 0 Å². The van der Waals surface area contributed by atoms with Crippen LogP contribution in [0.2, 0.25) is 0 Å². The molecule has 0 radical (unpaired) electrons. The Kier molecular flexibility index (Phi) is 4.06. The summed E-state index contributed by atoms with van der Waals surface area (Å²) >= 11 is 0. The van der Waals surface area contributed by atoms with E-state index in [1.54, 1.807) is 36.4 Å². The SMILES string of the molecule is NC(=O)C(OC(=O)c1cccc2ccccc12)c1ccccc1. The molecule has 0 bridgehead atoms. The summed E-state index contributed by atoms with van der Waals surface area (Å²) < 4.78 is 5.38. The lowest BCUT2D eigenvalue weighted by molar-refractivity contribution is -0.127. The maximum Gasteiger partial charge on any atom is 0.339 e. The van der Waals surface area contributed by atoms with Gasteiger partial charge in [-0.05, 0) is 16.8 Å². The molecule has 0 fully saturated rings. The number of amides is 1. The van der Waals surface area contributed by atoms with Crippen molar-refractivity contribution in [3.8, 4) is 0 Å². The summed E-state index contributed by atoms with van der Waals surface area (Å²) in [7, 11) is 0. The van der Waals surface area contributed by atoms with Crippen molar-refractivity contribution in [1.29, 1.82) is 0 Å². The fraction of sp³-hybridized carbons (Fsp3) is 0.0526. The molecule has 3 rings (SSSR count). The first-order valence-corrected chi connectivity index (χ1v) is 7.20. The van der Waals surface area contributed by atoms with Gasteiger partial charge in [0.15, 0.2) is 0 Å².